The van der Waals surface area contributed by atoms with Gasteiger partial charge in [-0.2, -0.15) is 0 Å². The maximum atomic E-state index is 4.30. The highest BCUT2D eigenvalue weighted by molar-refractivity contribution is 7.15. The van der Waals surface area contributed by atoms with Crippen LogP contribution in [0.2, 0.25) is 0 Å². The third kappa shape index (κ3) is 2.26. The average molecular weight is 299 g/mol. The molecule has 3 nitrogen and oxygen atoms in total. The molecule has 0 radical (unpaired) electrons. The lowest BCUT2D eigenvalue weighted by Gasteiger charge is -2.12. The molecule has 1 saturated carbocycles. The highest BCUT2D eigenvalue weighted by Crippen LogP contribution is 2.61. The highest BCUT2D eigenvalue weighted by atomic mass is 32.1. The number of fused-ring (bicyclic) bond motifs is 3. The van der Waals surface area contributed by atoms with Gasteiger partial charge in [0.1, 0.15) is 5.01 Å². The number of nitrogens with one attached hydrogen (secondary N) is 1. The molecule has 1 heterocycles. The number of rotatable bonds is 3. The molecular weight excluding hydrogens is 278 g/mol. The monoisotopic (exact) mass is 299 g/mol. The molecule has 1 N–H and O–H groups in total. The number of hydrogen-bond donors (Lipinski definition) is 1. The van der Waals surface area contributed by atoms with Gasteiger partial charge in [0.2, 0.25) is 5.13 Å². The van der Waals surface area contributed by atoms with E-state index in [0.717, 1.165) is 34.4 Å². The minimum atomic E-state index is 0.0899. The second-order valence-electron chi connectivity index (χ2n) is 7.30. The van der Waals surface area contributed by atoms with Crippen molar-refractivity contribution in [2.24, 2.45) is 11.8 Å². The Hall–Kier alpha value is -1.42. The van der Waals surface area contributed by atoms with E-state index in [-0.39, 0.29) is 5.41 Å². The van der Waals surface area contributed by atoms with Gasteiger partial charge in [0.15, 0.2) is 0 Å². The lowest BCUT2D eigenvalue weighted by molar-refractivity contribution is 0.578. The number of hydrogen-bond acceptors (Lipinski definition) is 4. The molecule has 3 unspecified atom stereocenters. The Morgan fingerprint density at radius 1 is 1.24 bits per heavy atom. The van der Waals surface area contributed by atoms with Crippen LogP contribution in [0.25, 0.3) is 0 Å². The topological polar surface area (TPSA) is 37.8 Å². The first-order chi connectivity index (χ1) is 10.0. The average Bonchev–Trinajstić information content (AvgIpc) is 2.83. The maximum Gasteiger partial charge on any atom is 0.205 e. The van der Waals surface area contributed by atoms with E-state index in [1.807, 2.05) is 0 Å². The summed E-state index contributed by atoms with van der Waals surface area (Å²) in [4.78, 5) is 0. The van der Waals surface area contributed by atoms with Gasteiger partial charge in [-0.25, -0.2) is 0 Å². The van der Waals surface area contributed by atoms with Crippen molar-refractivity contribution in [3.8, 4) is 0 Å². The fourth-order valence-corrected chi connectivity index (χ4v) is 4.37. The zero-order valence-corrected chi connectivity index (χ0v) is 13.6. The molecule has 110 valence electrons. The second kappa shape index (κ2) is 4.54. The Labute approximate surface area is 129 Å². The first-order valence-corrected chi connectivity index (χ1v) is 8.51. The van der Waals surface area contributed by atoms with E-state index in [0.29, 0.717) is 0 Å². The molecule has 2 aliphatic carbocycles. The zero-order chi connectivity index (χ0) is 14.6. The molecule has 0 aliphatic heterocycles. The molecule has 0 spiro atoms. The van der Waals surface area contributed by atoms with E-state index in [1.54, 1.807) is 22.5 Å². The van der Waals surface area contributed by atoms with Crippen LogP contribution in [0, 0.1) is 11.8 Å². The van der Waals surface area contributed by atoms with Gasteiger partial charge in [-0.3, -0.25) is 0 Å². The summed E-state index contributed by atoms with van der Waals surface area (Å²) in [5.41, 5.74) is 3.24. The molecule has 21 heavy (non-hydrogen) atoms. The first-order valence-electron chi connectivity index (χ1n) is 7.70. The summed E-state index contributed by atoms with van der Waals surface area (Å²) in [5.74, 6) is 2.41. The predicted octanol–water partition coefficient (Wildman–Crippen LogP) is 3.83. The maximum absolute atomic E-state index is 4.30. The minimum Gasteiger partial charge on any atom is -0.360 e. The largest absolute Gasteiger partial charge is 0.360 e. The van der Waals surface area contributed by atoms with Gasteiger partial charge in [0.05, 0.1) is 0 Å². The first kappa shape index (κ1) is 13.3. The Morgan fingerprint density at radius 2 is 2.05 bits per heavy atom. The van der Waals surface area contributed by atoms with Crippen molar-refractivity contribution in [2.45, 2.75) is 38.5 Å². The molecule has 4 rings (SSSR count). The zero-order valence-electron chi connectivity index (χ0n) is 12.8. The van der Waals surface area contributed by atoms with Gasteiger partial charge in [-0.15, -0.1) is 10.2 Å². The van der Waals surface area contributed by atoms with Crippen LogP contribution < -0.4 is 5.32 Å². The summed E-state index contributed by atoms with van der Waals surface area (Å²) < 4.78 is 0. The van der Waals surface area contributed by atoms with E-state index in [2.05, 4.69) is 60.6 Å². The molecule has 1 aromatic carbocycles. The Bertz CT molecular complexity index is 671. The van der Waals surface area contributed by atoms with Crippen molar-refractivity contribution in [1.29, 1.82) is 0 Å². The number of anilines is 1. The van der Waals surface area contributed by atoms with E-state index in [4.69, 9.17) is 0 Å². The molecule has 2 aromatic rings. The van der Waals surface area contributed by atoms with Gasteiger partial charge in [-0.1, -0.05) is 56.4 Å². The van der Waals surface area contributed by atoms with E-state index < -0.39 is 0 Å². The fraction of sp³-hybridized carbons (Fsp3) is 0.529. The molecule has 2 aliphatic rings. The molecule has 0 amide bonds. The summed E-state index contributed by atoms with van der Waals surface area (Å²) in [6.45, 7) is 7.57. The summed E-state index contributed by atoms with van der Waals surface area (Å²) in [6, 6.07) is 8.92. The molecule has 3 atom stereocenters. The molecule has 1 aromatic heterocycles. The minimum absolute atomic E-state index is 0.0899. The fourth-order valence-electron chi connectivity index (χ4n) is 3.57. The predicted molar refractivity (Wildman–Crippen MR) is 87.0 cm³/mol. The van der Waals surface area contributed by atoms with Gasteiger partial charge < -0.3 is 5.32 Å². The number of benzene rings is 1. The third-order valence-corrected chi connectivity index (χ3v) is 6.06. The van der Waals surface area contributed by atoms with Crippen LogP contribution in [-0.2, 0) is 11.8 Å². The normalized spacial score (nSPS) is 26.3. The SMILES string of the molecule is CC(C)(C)c1nnc(NCC2C3Cc4ccccc4C23)s1. The van der Waals surface area contributed by atoms with Crippen molar-refractivity contribution in [3.63, 3.8) is 0 Å². The van der Waals surface area contributed by atoms with Crippen molar-refractivity contribution in [1.82, 2.24) is 10.2 Å². The third-order valence-electron chi connectivity index (χ3n) is 4.76. The quantitative estimate of drug-likeness (QED) is 0.936. The van der Waals surface area contributed by atoms with Crippen LogP contribution in [-0.4, -0.2) is 16.7 Å². The molecule has 4 heteroatoms. The Morgan fingerprint density at radius 3 is 2.81 bits per heavy atom. The van der Waals surface area contributed by atoms with E-state index in [1.165, 1.54) is 6.42 Å². The molecule has 0 bridgehead atoms. The highest BCUT2D eigenvalue weighted by Gasteiger charge is 2.54. The summed E-state index contributed by atoms with van der Waals surface area (Å²) >= 11 is 1.69. The lowest BCUT2D eigenvalue weighted by Crippen LogP contribution is -2.10. The van der Waals surface area contributed by atoms with Crippen molar-refractivity contribution >= 4 is 16.5 Å². The molecule has 0 saturated heterocycles. The summed E-state index contributed by atoms with van der Waals surface area (Å²) in [7, 11) is 0. The van der Waals surface area contributed by atoms with Gasteiger partial charge in [0, 0.05) is 12.0 Å². The molecular formula is C17H21N3S. The van der Waals surface area contributed by atoms with Crippen LogP contribution >= 0.6 is 11.3 Å². The van der Waals surface area contributed by atoms with Gasteiger partial charge >= 0.3 is 0 Å². The van der Waals surface area contributed by atoms with Crippen LogP contribution in [0.5, 0.6) is 0 Å². The van der Waals surface area contributed by atoms with Gasteiger partial charge in [-0.05, 0) is 35.3 Å². The van der Waals surface area contributed by atoms with Crippen LogP contribution in [0.1, 0.15) is 42.8 Å². The summed E-state index contributed by atoms with van der Waals surface area (Å²) in [6.07, 6.45) is 1.26. The van der Waals surface area contributed by atoms with Crippen molar-refractivity contribution in [2.75, 3.05) is 11.9 Å². The van der Waals surface area contributed by atoms with E-state index >= 15 is 0 Å². The Kier molecular flexibility index (Phi) is 2.86. The number of aromatic nitrogens is 2. The number of nitrogens with zero attached hydrogens (tertiary/aromatic N) is 2. The molecule has 1 fully saturated rings. The van der Waals surface area contributed by atoms with Crippen LogP contribution in [0.15, 0.2) is 24.3 Å². The Balaban J connectivity index is 1.39. The smallest absolute Gasteiger partial charge is 0.205 e. The van der Waals surface area contributed by atoms with Gasteiger partial charge in [0.25, 0.3) is 0 Å². The van der Waals surface area contributed by atoms with Crippen molar-refractivity contribution < 1.29 is 0 Å². The van der Waals surface area contributed by atoms with Crippen molar-refractivity contribution in [3.05, 3.63) is 40.4 Å². The van der Waals surface area contributed by atoms with Crippen LogP contribution in [0.4, 0.5) is 5.13 Å². The second-order valence-corrected chi connectivity index (χ2v) is 8.28. The standard InChI is InChI=1S/C17H21N3S/c1-17(2,3)15-19-20-16(21-15)18-9-13-12-8-10-6-4-5-7-11(10)14(12)13/h4-7,12-14H,8-9H2,1-3H3,(H,18,20). The van der Waals surface area contributed by atoms with Crippen LogP contribution in [0.3, 0.4) is 0 Å². The summed E-state index contributed by atoms with van der Waals surface area (Å²) in [5, 5.41) is 14.2. The lowest BCUT2D eigenvalue weighted by atomic mass is 9.98. The van der Waals surface area contributed by atoms with E-state index in [9.17, 15) is 0 Å².